The minimum atomic E-state index is -1.39. The van der Waals surface area contributed by atoms with E-state index in [1.54, 1.807) is 6.07 Å². The highest BCUT2D eigenvalue weighted by Crippen LogP contribution is 2.17. The molecule has 2 N–H and O–H groups in total. The normalized spacial score (nSPS) is 17.6. The molecule has 20 heavy (non-hydrogen) atoms. The van der Waals surface area contributed by atoms with E-state index >= 15 is 0 Å². The van der Waals surface area contributed by atoms with Crippen LogP contribution in [0.25, 0.3) is 0 Å². The second kappa shape index (κ2) is 7.22. The van der Waals surface area contributed by atoms with Gasteiger partial charge in [-0.3, -0.25) is 4.90 Å². The Hall–Kier alpha value is -0.875. The minimum Gasteiger partial charge on any atom is -0.423 e. The molecule has 1 saturated heterocycles. The molecule has 0 spiro atoms. The molecule has 1 aromatic carbocycles. The first-order valence-electron chi connectivity index (χ1n) is 7.48. The molecule has 0 bridgehead atoms. The van der Waals surface area contributed by atoms with E-state index in [9.17, 15) is 10.0 Å². The van der Waals surface area contributed by atoms with Crippen LogP contribution in [0.2, 0.25) is 0 Å². The number of nitrogens with zero attached hydrogens (tertiary/aromatic N) is 2. The van der Waals surface area contributed by atoms with Gasteiger partial charge in [-0.1, -0.05) is 31.2 Å². The van der Waals surface area contributed by atoms with E-state index in [0.29, 0.717) is 11.5 Å². The Morgan fingerprint density at radius 3 is 2.50 bits per heavy atom. The van der Waals surface area contributed by atoms with E-state index in [1.807, 2.05) is 18.2 Å². The van der Waals surface area contributed by atoms with Crippen LogP contribution in [0.4, 0.5) is 0 Å². The molecule has 0 atom stereocenters. The summed E-state index contributed by atoms with van der Waals surface area (Å²) in [6.07, 6.45) is 2.38. The van der Waals surface area contributed by atoms with Crippen LogP contribution >= 0.6 is 0 Å². The molecule has 0 unspecified atom stereocenters. The minimum absolute atomic E-state index is 0.585. The van der Waals surface area contributed by atoms with Crippen LogP contribution in [0, 0.1) is 0 Å². The summed E-state index contributed by atoms with van der Waals surface area (Å²) in [5.74, 6) is 0. The van der Waals surface area contributed by atoms with Crippen LogP contribution in [0.3, 0.4) is 0 Å². The van der Waals surface area contributed by atoms with Gasteiger partial charge in [0, 0.05) is 12.6 Å². The summed E-state index contributed by atoms with van der Waals surface area (Å²) in [7, 11) is 0.744. The Labute approximate surface area is 122 Å². The first-order chi connectivity index (χ1) is 9.61. The second-order valence-electron chi connectivity index (χ2n) is 5.65. The highest BCUT2D eigenvalue weighted by atomic mass is 16.4. The molecule has 0 radical (unpaired) electrons. The van der Waals surface area contributed by atoms with E-state index in [-0.39, 0.29) is 0 Å². The fourth-order valence-corrected chi connectivity index (χ4v) is 3.00. The van der Waals surface area contributed by atoms with Crippen LogP contribution in [-0.2, 0) is 6.54 Å². The molecule has 0 amide bonds. The van der Waals surface area contributed by atoms with Crippen LogP contribution < -0.4 is 5.46 Å². The van der Waals surface area contributed by atoms with Crippen LogP contribution in [0.1, 0.15) is 25.3 Å². The van der Waals surface area contributed by atoms with Gasteiger partial charge in [0.15, 0.2) is 0 Å². The lowest BCUT2D eigenvalue weighted by Gasteiger charge is -2.36. The van der Waals surface area contributed by atoms with Crippen molar-refractivity contribution in [2.24, 2.45) is 0 Å². The molecular formula is C15H25BN2O2. The summed E-state index contributed by atoms with van der Waals surface area (Å²) in [5, 5.41) is 18.8. The van der Waals surface area contributed by atoms with Gasteiger partial charge in [0.25, 0.3) is 0 Å². The van der Waals surface area contributed by atoms with Gasteiger partial charge < -0.3 is 14.9 Å². The summed E-state index contributed by atoms with van der Waals surface area (Å²) in [6, 6.07) is 8.15. The van der Waals surface area contributed by atoms with Gasteiger partial charge in [-0.2, -0.15) is 0 Å². The second-order valence-corrected chi connectivity index (χ2v) is 5.65. The summed E-state index contributed by atoms with van der Waals surface area (Å²) in [6.45, 7) is 6.44. The predicted octanol–water partition coefficient (Wildman–Crippen LogP) is 0.283. The zero-order valence-corrected chi connectivity index (χ0v) is 12.5. The molecule has 1 aromatic rings. The first-order valence-corrected chi connectivity index (χ1v) is 7.48. The number of rotatable bonds is 5. The highest BCUT2D eigenvalue weighted by molar-refractivity contribution is 6.59. The lowest BCUT2D eigenvalue weighted by molar-refractivity contribution is 0.127. The monoisotopic (exact) mass is 276 g/mol. The summed E-state index contributed by atoms with van der Waals surface area (Å²) >= 11 is 0. The van der Waals surface area contributed by atoms with E-state index in [2.05, 4.69) is 23.8 Å². The molecule has 2 rings (SSSR count). The maximum Gasteiger partial charge on any atom is 0.488 e. The largest absolute Gasteiger partial charge is 0.488 e. The number of hydrogen-bond acceptors (Lipinski definition) is 4. The zero-order valence-electron chi connectivity index (χ0n) is 12.5. The SMILES string of the molecule is CCN1CCC(N(C)Cc2ccccc2B(O)O)CC1. The van der Waals surface area contributed by atoms with E-state index in [0.717, 1.165) is 31.7 Å². The topological polar surface area (TPSA) is 46.9 Å². The van der Waals surface area contributed by atoms with Crippen molar-refractivity contribution in [1.82, 2.24) is 9.80 Å². The fraction of sp³-hybridized carbons (Fsp3) is 0.600. The highest BCUT2D eigenvalue weighted by Gasteiger charge is 2.23. The maximum absolute atomic E-state index is 9.42. The number of hydrogen-bond donors (Lipinski definition) is 2. The first kappa shape index (κ1) is 15.5. The number of piperidine rings is 1. The predicted molar refractivity (Wildman–Crippen MR) is 82.9 cm³/mol. The average molecular weight is 276 g/mol. The average Bonchev–Trinajstić information content (AvgIpc) is 2.47. The molecule has 0 saturated carbocycles. The third kappa shape index (κ3) is 3.82. The van der Waals surface area contributed by atoms with Crippen LogP contribution in [0.5, 0.6) is 0 Å². The summed E-state index contributed by atoms with van der Waals surface area (Å²) < 4.78 is 0. The van der Waals surface area contributed by atoms with Gasteiger partial charge in [-0.05, 0) is 50.5 Å². The van der Waals surface area contributed by atoms with Crippen molar-refractivity contribution < 1.29 is 10.0 Å². The van der Waals surface area contributed by atoms with E-state index < -0.39 is 7.12 Å². The third-order valence-electron chi connectivity index (χ3n) is 4.38. The van der Waals surface area contributed by atoms with Gasteiger partial charge in [0.1, 0.15) is 0 Å². The van der Waals surface area contributed by atoms with Crippen molar-refractivity contribution in [3.8, 4) is 0 Å². The van der Waals surface area contributed by atoms with Gasteiger partial charge in [-0.25, -0.2) is 0 Å². The third-order valence-corrected chi connectivity index (χ3v) is 4.38. The Kier molecular flexibility index (Phi) is 5.60. The summed E-state index contributed by atoms with van der Waals surface area (Å²) in [5.41, 5.74) is 1.62. The molecule has 110 valence electrons. The van der Waals surface area contributed by atoms with Gasteiger partial charge in [-0.15, -0.1) is 0 Å². The maximum atomic E-state index is 9.42. The quantitative estimate of drug-likeness (QED) is 0.759. The van der Waals surface area contributed by atoms with Crippen molar-refractivity contribution in [3.63, 3.8) is 0 Å². The lowest BCUT2D eigenvalue weighted by Crippen LogP contribution is -2.44. The van der Waals surface area contributed by atoms with Crippen LogP contribution in [-0.4, -0.2) is 59.7 Å². The molecular weight excluding hydrogens is 251 g/mol. The molecule has 5 heteroatoms. The van der Waals surface area contributed by atoms with Crippen molar-refractivity contribution in [2.45, 2.75) is 32.4 Å². The molecule has 1 heterocycles. The molecule has 4 nitrogen and oxygen atoms in total. The Bertz CT molecular complexity index is 420. The molecule has 1 aliphatic heterocycles. The van der Waals surface area contributed by atoms with Crippen LogP contribution in [0.15, 0.2) is 24.3 Å². The number of benzene rings is 1. The molecule has 1 fully saturated rings. The van der Waals surface area contributed by atoms with Crippen molar-refractivity contribution in [3.05, 3.63) is 29.8 Å². The molecule has 0 aliphatic carbocycles. The summed E-state index contributed by atoms with van der Waals surface area (Å²) in [4.78, 5) is 4.82. The van der Waals surface area contributed by atoms with Gasteiger partial charge >= 0.3 is 7.12 Å². The zero-order chi connectivity index (χ0) is 14.5. The van der Waals surface area contributed by atoms with Gasteiger partial charge in [0.2, 0.25) is 0 Å². The fourth-order valence-electron chi connectivity index (χ4n) is 3.00. The molecule has 1 aliphatic rings. The molecule has 0 aromatic heterocycles. The lowest BCUT2D eigenvalue weighted by atomic mass is 9.77. The Morgan fingerprint density at radius 1 is 1.25 bits per heavy atom. The van der Waals surface area contributed by atoms with Crippen molar-refractivity contribution in [1.29, 1.82) is 0 Å². The van der Waals surface area contributed by atoms with E-state index in [1.165, 1.54) is 12.8 Å². The van der Waals surface area contributed by atoms with Gasteiger partial charge in [0.05, 0.1) is 0 Å². The van der Waals surface area contributed by atoms with Crippen molar-refractivity contribution in [2.75, 3.05) is 26.7 Å². The van der Waals surface area contributed by atoms with E-state index in [4.69, 9.17) is 0 Å². The number of likely N-dealkylation sites (tertiary alicyclic amines) is 1. The standard InChI is InChI=1S/C15H25BN2O2/c1-3-18-10-8-14(9-11-18)17(2)12-13-6-4-5-7-15(13)16(19)20/h4-7,14,19-20H,3,8-12H2,1-2H3. The Morgan fingerprint density at radius 2 is 1.90 bits per heavy atom. The Balaban J connectivity index is 1.96. The van der Waals surface area contributed by atoms with Crippen molar-refractivity contribution >= 4 is 12.6 Å². The smallest absolute Gasteiger partial charge is 0.423 e.